The second kappa shape index (κ2) is 6.65. The zero-order valence-electron chi connectivity index (χ0n) is 12.0. The number of β-amino-alcohol motifs (C(OH)–C–C–N with tert-alkyl or cyclic N) is 1. The second-order valence-corrected chi connectivity index (χ2v) is 5.88. The first kappa shape index (κ1) is 14.7. The molecule has 0 aromatic carbocycles. The Morgan fingerprint density at radius 2 is 2.05 bits per heavy atom. The van der Waals surface area contributed by atoms with Crippen LogP contribution in [0.4, 0.5) is 0 Å². The minimum atomic E-state index is -0.364. The summed E-state index contributed by atoms with van der Waals surface area (Å²) in [5.74, 6) is 0.158. The van der Waals surface area contributed by atoms with Crippen LogP contribution in [0.15, 0.2) is 0 Å². The predicted molar refractivity (Wildman–Crippen MR) is 74.0 cm³/mol. The van der Waals surface area contributed by atoms with Crippen LogP contribution in [0.3, 0.4) is 0 Å². The van der Waals surface area contributed by atoms with Crippen LogP contribution in [0.1, 0.15) is 6.42 Å². The summed E-state index contributed by atoms with van der Waals surface area (Å²) in [6.07, 6.45) is 0.336. The van der Waals surface area contributed by atoms with Crippen LogP contribution in [0.5, 0.6) is 0 Å². The molecule has 2 saturated heterocycles. The predicted octanol–water partition coefficient (Wildman–Crippen LogP) is -1.58. The molecule has 2 heterocycles. The molecule has 6 heteroatoms. The van der Waals surface area contributed by atoms with E-state index < -0.39 is 0 Å². The number of rotatable bonds is 4. The van der Waals surface area contributed by atoms with Crippen LogP contribution in [-0.2, 0) is 4.79 Å². The molecule has 2 rings (SSSR count). The van der Waals surface area contributed by atoms with Crippen molar-refractivity contribution >= 4 is 5.91 Å². The van der Waals surface area contributed by atoms with Crippen LogP contribution in [0.25, 0.3) is 0 Å². The molecule has 6 nitrogen and oxygen atoms in total. The van der Waals surface area contributed by atoms with Crippen molar-refractivity contribution in [2.24, 2.45) is 0 Å². The lowest BCUT2D eigenvalue weighted by Crippen LogP contribution is -2.50. The van der Waals surface area contributed by atoms with Gasteiger partial charge in [0.15, 0.2) is 0 Å². The van der Waals surface area contributed by atoms with Gasteiger partial charge in [-0.3, -0.25) is 9.69 Å². The fourth-order valence-corrected chi connectivity index (χ4v) is 2.94. The topological polar surface area (TPSA) is 59.1 Å². The summed E-state index contributed by atoms with van der Waals surface area (Å²) in [6, 6.07) is 0.153. The van der Waals surface area contributed by atoms with Crippen molar-refractivity contribution in [1.29, 1.82) is 0 Å². The summed E-state index contributed by atoms with van der Waals surface area (Å²) >= 11 is 0. The maximum absolute atomic E-state index is 12.4. The third-order valence-corrected chi connectivity index (χ3v) is 3.86. The normalized spacial score (nSPS) is 29.2. The van der Waals surface area contributed by atoms with Gasteiger partial charge in [0.25, 0.3) is 0 Å². The van der Waals surface area contributed by atoms with Gasteiger partial charge in [-0.1, -0.05) is 0 Å². The van der Waals surface area contributed by atoms with Crippen molar-refractivity contribution in [3.05, 3.63) is 0 Å². The molecule has 2 aliphatic rings. The summed E-state index contributed by atoms with van der Waals surface area (Å²) in [5.41, 5.74) is 0. The molecule has 2 unspecified atom stereocenters. The molecule has 110 valence electrons. The van der Waals surface area contributed by atoms with E-state index in [1.165, 1.54) is 0 Å². The van der Waals surface area contributed by atoms with Crippen LogP contribution in [0.2, 0.25) is 0 Å². The number of carbonyl (C=O) groups is 1. The third kappa shape index (κ3) is 4.14. The zero-order chi connectivity index (χ0) is 13.8. The summed E-state index contributed by atoms with van der Waals surface area (Å²) in [6.45, 7) is 5.57. The fraction of sp³-hybridized carbons (Fsp3) is 0.923. The van der Waals surface area contributed by atoms with E-state index in [9.17, 15) is 9.90 Å². The van der Waals surface area contributed by atoms with Gasteiger partial charge in [-0.2, -0.15) is 0 Å². The van der Waals surface area contributed by atoms with Gasteiger partial charge in [-0.05, 0) is 20.5 Å². The van der Waals surface area contributed by atoms with Crippen molar-refractivity contribution in [2.75, 3.05) is 59.9 Å². The van der Waals surface area contributed by atoms with E-state index in [1.54, 1.807) is 0 Å². The van der Waals surface area contributed by atoms with Crippen LogP contribution >= 0.6 is 0 Å². The molecular formula is C13H26N4O2. The molecule has 1 amide bonds. The van der Waals surface area contributed by atoms with Gasteiger partial charge < -0.3 is 20.2 Å². The third-order valence-electron chi connectivity index (χ3n) is 3.86. The zero-order valence-corrected chi connectivity index (χ0v) is 12.0. The number of aliphatic hydroxyl groups is 1. The first-order chi connectivity index (χ1) is 9.06. The molecule has 0 spiro atoms. The molecule has 2 atom stereocenters. The monoisotopic (exact) mass is 270 g/mol. The largest absolute Gasteiger partial charge is 0.391 e. The molecule has 2 aliphatic heterocycles. The van der Waals surface area contributed by atoms with E-state index in [0.717, 1.165) is 32.7 Å². The fourth-order valence-electron chi connectivity index (χ4n) is 2.94. The van der Waals surface area contributed by atoms with Crippen LogP contribution in [0, 0.1) is 0 Å². The Balaban J connectivity index is 1.88. The van der Waals surface area contributed by atoms with E-state index in [1.807, 2.05) is 19.0 Å². The maximum atomic E-state index is 12.4. The number of piperazine rings is 1. The average molecular weight is 270 g/mol. The molecule has 0 saturated carbocycles. The summed E-state index contributed by atoms with van der Waals surface area (Å²) < 4.78 is 0. The lowest BCUT2D eigenvalue weighted by atomic mass is 10.2. The Kier molecular flexibility index (Phi) is 5.15. The minimum absolute atomic E-state index is 0.153. The Morgan fingerprint density at radius 3 is 2.68 bits per heavy atom. The summed E-state index contributed by atoms with van der Waals surface area (Å²) in [7, 11) is 4.01. The van der Waals surface area contributed by atoms with Gasteiger partial charge in [0.2, 0.25) is 5.91 Å². The van der Waals surface area contributed by atoms with Gasteiger partial charge in [0.1, 0.15) is 0 Å². The van der Waals surface area contributed by atoms with Gasteiger partial charge in [0.05, 0.1) is 12.6 Å². The first-order valence-electron chi connectivity index (χ1n) is 7.11. The van der Waals surface area contributed by atoms with E-state index in [4.69, 9.17) is 0 Å². The highest BCUT2D eigenvalue weighted by Gasteiger charge is 2.34. The van der Waals surface area contributed by atoms with Crippen molar-refractivity contribution in [1.82, 2.24) is 20.0 Å². The van der Waals surface area contributed by atoms with E-state index >= 15 is 0 Å². The number of nitrogens with zero attached hydrogens (tertiary/aromatic N) is 3. The highest BCUT2D eigenvalue weighted by atomic mass is 16.3. The van der Waals surface area contributed by atoms with Crippen molar-refractivity contribution in [3.8, 4) is 0 Å². The second-order valence-electron chi connectivity index (χ2n) is 5.88. The smallest absolute Gasteiger partial charge is 0.237 e. The molecule has 2 fully saturated rings. The molecule has 0 aliphatic carbocycles. The number of carbonyl (C=O) groups excluding carboxylic acids is 1. The minimum Gasteiger partial charge on any atom is -0.391 e. The molecule has 0 bridgehead atoms. The van der Waals surface area contributed by atoms with Crippen molar-refractivity contribution < 1.29 is 9.90 Å². The van der Waals surface area contributed by atoms with E-state index in [2.05, 4.69) is 15.1 Å². The standard InChI is InChI=1S/C13H26N4O2/c1-15(2)8-11-7-12(18)9-17(11)13(19)10-16-5-3-14-4-6-16/h11-12,14,18H,3-10H2,1-2H3. The molecule has 19 heavy (non-hydrogen) atoms. The number of likely N-dealkylation sites (tertiary alicyclic amines) is 1. The number of nitrogens with one attached hydrogen (secondary N) is 1. The Hall–Kier alpha value is -0.690. The summed E-state index contributed by atoms with van der Waals surface area (Å²) in [4.78, 5) is 18.5. The van der Waals surface area contributed by atoms with Gasteiger partial charge in [0, 0.05) is 45.3 Å². The maximum Gasteiger partial charge on any atom is 0.237 e. The van der Waals surface area contributed by atoms with E-state index in [0.29, 0.717) is 19.5 Å². The number of amides is 1. The Bertz CT molecular complexity index is 305. The van der Waals surface area contributed by atoms with Crippen molar-refractivity contribution in [2.45, 2.75) is 18.6 Å². The lowest BCUT2D eigenvalue weighted by molar-refractivity contribution is -0.133. The van der Waals surface area contributed by atoms with Crippen molar-refractivity contribution in [3.63, 3.8) is 0 Å². The summed E-state index contributed by atoms with van der Waals surface area (Å²) in [5, 5.41) is 13.1. The highest BCUT2D eigenvalue weighted by molar-refractivity contribution is 5.79. The molecule has 0 aromatic heterocycles. The molecule has 2 N–H and O–H groups in total. The number of likely N-dealkylation sites (N-methyl/N-ethyl adjacent to an activating group) is 1. The lowest BCUT2D eigenvalue weighted by Gasteiger charge is -2.31. The van der Waals surface area contributed by atoms with Crippen LogP contribution in [-0.4, -0.2) is 97.8 Å². The number of hydrogen-bond acceptors (Lipinski definition) is 5. The van der Waals surface area contributed by atoms with Crippen LogP contribution < -0.4 is 5.32 Å². The Labute approximate surface area is 115 Å². The number of hydrogen-bond donors (Lipinski definition) is 2. The molecular weight excluding hydrogens is 244 g/mol. The molecule has 0 aromatic rings. The SMILES string of the molecule is CN(C)CC1CC(O)CN1C(=O)CN1CCNCC1. The Morgan fingerprint density at radius 1 is 1.37 bits per heavy atom. The van der Waals surface area contributed by atoms with Gasteiger partial charge >= 0.3 is 0 Å². The molecule has 0 radical (unpaired) electrons. The first-order valence-corrected chi connectivity index (χ1v) is 7.11. The van der Waals surface area contributed by atoms with Gasteiger partial charge in [-0.25, -0.2) is 0 Å². The average Bonchev–Trinajstić information content (AvgIpc) is 2.70. The quantitative estimate of drug-likeness (QED) is 0.645. The number of aliphatic hydroxyl groups excluding tert-OH is 1. The highest BCUT2D eigenvalue weighted by Crippen LogP contribution is 2.19. The van der Waals surface area contributed by atoms with E-state index in [-0.39, 0.29) is 18.1 Å². The van der Waals surface area contributed by atoms with Gasteiger partial charge in [-0.15, -0.1) is 0 Å².